The number of hydrogen-bond acceptors (Lipinski definition) is 11. The number of imide groups is 1. The lowest BCUT2D eigenvalue weighted by molar-refractivity contribution is -0.943. The number of ketones is 1. The van der Waals surface area contributed by atoms with Gasteiger partial charge in [0, 0.05) is 85.3 Å². The molecule has 17 nitrogen and oxygen atoms in total. The maximum atomic E-state index is 14.0. The molecule has 3 aliphatic carbocycles. The molecule has 6 aliphatic rings. The number of nitrogens with two attached hydrogens (primary N) is 1. The van der Waals surface area contributed by atoms with Crippen LogP contribution in [0, 0.1) is 39.9 Å². The molecule has 7 rings (SSSR count). The van der Waals surface area contributed by atoms with Crippen molar-refractivity contribution in [1.29, 1.82) is 0 Å². The van der Waals surface area contributed by atoms with Gasteiger partial charge >= 0.3 is 12.0 Å². The van der Waals surface area contributed by atoms with E-state index in [0.717, 1.165) is 53.6 Å². The summed E-state index contributed by atoms with van der Waals surface area (Å²) in [6.07, 6.45) is 11.0. The van der Waals surface area contributed by atoms with Crippen LogP contribution in [0.4, 0.5) is 10.5 Å². The molecular formula is C56H82N7O10S+. The number of amides is 7. The number of fused-ring (bicyclic) bond motifs is 2. The number of nitrogens with one attached hydrogen (secondary N) is 4. The van der Waals surface area contributed by atoms with Gasteiger partial charge in [-0.05, 0) is 80.2 Å². The average Bonchev–Trinajstić information content (AvgIpc) is 4.10. The predicted molar refractivity (Wildman–Crippen MR) is 283 cm³/mol. The number of rotatable bonds is 23. The fourth-order valence-electron chi connectivity index (χ4n) is 14.3. The number of aliphatic hydroxyl groups excluding tert-OH is 1. The molecule has 14 unspecified atom stereocenters. The molecule has 74 heavy (non-hydrogen) atoms. The number of urea groups is 1. The van der Waals surface area contributed by atoms with Crippen LogP contribution in [0.25, 0.3) is 0 Å². The zero-order valence-corrected chi connectivity index (χ0v) is 45.4. The number of benzene rings is 1. The number of unbranched alkanes of at least 4 members (excludes halogenated alkanes) is 2. The molecule has 4 bridgehead atoms. The van der Waals surface area contributed by atoms with Gasteiger partial charge in [-0.1, -0.05) is 66.2 Å². The van der Waals surface area contributed by atoms with Gasteiger partial charge in [0.15, 0.2) is 0 Å². The minimum atomic E-state index is -0.997. The first-order valence-electron chi connectivity index (χ1n) is 27.0. The highest BCUT2D eigenvalue weighted by atomic mass is 32.2. The Bertz CT molecular complexity index is 2350. The van der Waals surface area contributed by atoms with Crippen LogP contribution in [-0.4, -0.2) is 129 Å². The number of ether oxygens (including phenoxy) is 1. The van der Waals surface area contributed by atoms with Crippen LogP contribution in [0.1, 0.15) is 131 Å². The van der Waals surface area contributed by atoms with E-state index in [1.165, 1.54) is 12.2 Å². The molecule has 1 aromatic rings. The number of nitrogens with zero attached hydrogens (tertiary/aromatic N) is 2. The van der Waals surface area contributed by atoms with E-state index in [0.29, 0.717) is 56.3 Å². The first-order valence-corrected chi connectivity index (χ1v) is 28.1. The molecule has 1 aromatic carbocycles. The summed E-state index contributed by atoms with van der Waals surface area (Å²) in [5.41, 5.74) is 5.35. The third-order valence-corrected chi connectivity index (χ3v) is 20.1. The molecular weight excluding hydrogens is 963 g/mol. The second kappa shape index (κ2) is 23.0. The summed E-state index contributed by atoms with van der Waals surface area (Å²) in [4.78, 5) is 105. The number of Topliss-reactive ketones (excluding diaryl/α,β-unsaturated/α-hetero) is 1. The largest absolute Gasteiger partial charge is 0.461 e. The van der Waals surface area contributed by atoms with Crippen molar-refractivity contribution in [3.8, 4) is 0 Å². The SMILES string of the molecule is C=CC1(C)CC(OC(=O)CSC2CC3CCC2[N+]3(C)Cc2ccc(NC(=O)C(CCCNC(N)=O)NC(=O)C(NC(=O)CCCCCN3C(=O)C=CC3=O)C(C)C)cc2)C2(C)C(C)CC3(CCC(=O)C32)C(C)C1O. The van der Waals surface area contributed by atoms with E-state index >= 15 is 0 Å². The van der Waals surface area contributed by atoms with Crippen LogP contribution < -0.4 is 27.0 Å². The van der Waals surface area contributed by atoms with Crippen LogP contribution in [0.3, 0.4) is 0 Å². The van der Waals surface area contributed by atoms with Crippen molar-refractivity contribution in [1.82, 2.24) is 20.9 Å². The van der Waals surface area contributed by atoms with Crippen molar-refractivity contribution < 1.29 is 52.7 Å². The van der Waals surface area contributed by atoms with E-state index in [-0.39, 0.29) is 95.5 Å². The summed E-state index contributed by atoms with van der Waals surface area (Å²) >= 11 is 1.68. The van der Waals surface area contributed by atoms with Crippen molar-refractivity contribution in [2.24, 2.45) is 45.7 Å². The molecule has 5 fully saturated rings. The third-order valence-electron chi connectivity index (χ3n) is 18.8. The molecule has 7 amide bonds. The standard InChI is InChI=1S/C56H81N7O10S/c1-9-54(6)30-43(55(7)34(4)29-56(35(5)50(54)69)25-24-41(64)49(55)56)73-47(68)32-74-42-28-38-20-21-40(42)63(38,8)31-36-16-18-37(19-17-36)59-51(70)39(14-13-26-58-53(57)72)60-52(71)48(33(2)3)61-44(65)15-11-10-12-27-62-45(66)22-23-46(62)67/h9,16-19,22-23,33-35,38-40,42-43,48-50,69H,1,10-15,20-21,24-32H2,2-8H3,(H5-,57,58,59,60,61,65,70,71,72)/p+1. The topological polar surface area (TPSA) is 243 Å². The smallest absolute Gasteiger partial charge is 0.316 e. The molecule has 3 aliphatic heterocycles. The zero-order valence-electron chi connectivity index (χ0n) is 44.6. The number of aliphatic hydroxyl groups is 1. The first-order chi connectivity index (χ1) is 35.0. The fraction of sp³-hybridized carbons (Fsp3) is 0.679. The second-order valence-electron chi connectivity index (χ2n) is 23.6. The molecule has 406 valence electrons. The first kappa shape index (κ1) is 56.7. The highest BCUT2D eigenvalue weighted by Gasteiger charge is 2.71. The second-order valence-corrected chi connectivity index (χ2v) is 24.8. The molecule has 0 radical (unpaired) electrons. The summed E-state index contributed by atoms with van der Waals surface area (Å²) in [7, 11) is 2.30. The summed E-state index contributed by atoms with van der Waals surface area (Å²) < 4.78 is 7.39. The molecule has 2 saturated heterocycles. The van der Waals surface area contributed by atoms with Crippen LogP contribution in [0.15, 0.2) is 49.1 Å². The van der Waals surface area contributed by atoms with Crippen molar-refractivity contribution in [2.45, 2.75) is 173 Å². The van der Waals surface area contributed by atoms with E-state index < -0.39 is 53.0 Å². The van der Waals surface area contributed by atoms with Crippen molar-refractivity contribution in [3.63, 3.8) is 0 Å². The van der Waals surface area contributed by atoms with Gasteiger partial charge < -0.3 is 41.3 Å². The molecule has 0 aromatic heterocycles. The Labute approximate surface area is 441 Å². The normalized spacial score (nSPS) is 33.7. The van der Waals surface area contributed by atoms with Crippen LogP contribution in [0.5, 0.6) is 0 Å². The Hall–Kier alpha value is -5.07. The van der Waals surface area contributed by atoms with Crippen LogP contribution in [0.2, 0.25) is 0 Å². The third kappa shape index (κ3) is 11.5. The number of quaternary nitrogens is 1. The summed E-state index contributed by atoms with van der Waals surface area (Å²) in [5, 5.41) is 23.3. The number of thioether (sulfide) groups is 1. The maximum Gasteiger partial charge on any atom is 0.316 e. The van der Waals surface area contributed by atoms with Gasteiger partial charge in [0.1, 0.15) is 36.6 Å². The number of primary amides is 1. The van der Waals surface area contributed by atoms with Gasteiger partial charge in [-0.2, -0.15) is 0 Å². The number of carbonyl (C=O) groups excluding carboxylic acids is 8. The molecule has 3 saturated carbocycles. The minimum Gasteiger partial charge on any atom is -0.461 e. The Balaban J connectivity index is 0.926. The molecule has 0 spiro atoms. The van der Waals surface area contributed by atoms with Crippen molar-refractivity contribution >= 4 is 64.8 Å². The maximum absolute atomic E-state index is 14.0. The summed E-state index contributed by atoms with van der Waals surface area (Å²) in [6, 6.07) is 5.84. The van der Waals surface area contributed by atoms with E-state index in [1.54, 1.807) is 25.6 Å². The Morgan fingerprint density at radius 1 is 0.973 bits per heavy atom. The van der Waals surface area contributed by atoms with Gasteiger partial charge in [0.2, 0.25) is 17.7 Å². The highest BCUT2D eigenvalue weighted by molar-refractivity contribution is 8.00. The highest BCUT2D eigenvalue weighted by Crippen LogP contribution is 2.70. The quantitative estimate of drug-likeness (QED) is 0.0256. The van der Waals surface area contributed by atoms with Gasteiger partial charge in [-0.3, -0.25) is 38.5 Å². The van der Waals surface area contributed by atoms with Gasteiger partial charge in [-0.15, -0.1) is 18.3 Å². The minimum absolute atomic E-state index is 0.0889. The molecule has 3 heterocycles. The molecule has 14 atom stereocenters. The number of esters is 1. The van der Waals surface area contributed by atoms with Gasteiger partial charge in [0.05, 0.1) is 30.2 Å². The molecule has 18 heteroatoms. The fourth-order valence-corrected chi connectivity index (χ4v) is 15.7. The Kier molecular flexibility index (Phi) is 17.6. The number of carbonyl (C=O) groups is 8. The van der Waals surface area contributed by atoms with E-state index in [9.17, 15) is 43.5 Å². The van der Waals surface area contributed by atoms with Crippen molar-refractivity contribution in [3.05, 3.63) is 54.6 Å². The predicted octanol–water partition coefficient (Wildman–Crippen LogP) is 5.68. The van der Waals surface area contributed by atoms with Crippen LogP contribution in [-0.2, 0) is 44.8 Å². The van der Waals surface area contributed by atoms with E-state index in [4.69, 9.17) is 10.5 Å². The Morgan fingerprint density at radius 2 is 1.68 bits per heavy atom. The van der Waals surface area contributed by atoms with E-state index in [2.05, 4.69) is 55.7 Å². The monoisotopic (exact) mass is 1040 g/mol. The zero-order chi connectivity index (χ0) is 53.9. The van der Waals surface area contributed by atoms with E-state index in [1.807, 2.05) is 37.3 Å². The lowest BCUT2D eigenvalue weighted by atomic mass is 9.55. The Morgan fingerprint density at radius 3 is 2.34 bits per heavy atom. The van der Waals surface area contributed by atoms with Gasteiger partial charge in [-0.25, -0.2) is 4.79 Å². The summed E-state index contributed by atoms with van der Waals surface area (Å²) in [5.74, 6) is -2.34. The average molecular weight is 1050 g/mol. The van der Waals surface area contributed by atoms with Crippen molar-refractivity contribution in [2.75, 3.05) is 31.2 Å². The van der Waals surface area contributed by atoms with Crippen LogP contribution >= 0.6 is 11.8 Å². The number of hydrogen-bond donors (Lipinski definition) is 6. The summed E-state index contributed by atoms with van der Waals surface area (Å²) in [6.45, 7) is 17.4. The molecule has 7 N–H and O–H groups in total. The van der Waals surface area contributed by atoms with Gasteiger partial charge in [0.25, 0.3) is 11.8 Å². The lowest BCUT2D eigenvalue weighted by Crippen LogP contribution is -2.55. The number of anilines is 1. The lowest BCUT2D eigenvalue weighted by Gasteiger charge is -2.52.